The summed E-state index contributed by atoms with van der Waals surface area (Å²) in [4.78, 5) is 23.4. The molecule has 0 radical (unpaired) electrons. The van der Waals surface area contributed by atoms with Gasteiger partial charge in [0.05, 0.1) is 0 Å². The van der Waals surface area contributed by atoms with Gasteiger partial charge in [-0.05, 0) is 49.9 Å². The highest BCUT2D eigenvalue weighted by Crippen LogP contribution is 2.24. The highest BCUT2D eigenvalue weighted by molar-refractivity contribution is 5.93. The molecule has 5 heteroatoms. The van der Waals surface area contributed by atoms with Crippen LogP contribution >= 0.6 is 0 Å². The molecule has 21 heavy (non-hydrogen) atoms. The second kappa shape index (κ2) is 7.22. The molecule has 5 nitrogen and oxygen atoms in total. The minimum Gasteiger partial charge on any atom is -0.328 e. The van der Waals surface area contributed by atoms with Gasteiger partial charge >= 0.3 is 0 Å². The Morgan fingerprint density at radius 3 is 2.10 bits per heavy atom. The largest absolute Gasteiger partial charge is 0.328 e. The summed E-state index contributed by atoms with van der Waals surface area (Å²) in [5, 5.41) is 5.70. The van der Waals surface area contributed by atoms with Gasteiger partial charge in [-0.25, -0.2) is 0 Å². The fourth-order valence-electron chi connectivity index (χ4n) is 2.51. The highest BCUT2D eigenvalue weighted by atomic mass is 16.2. The van der Waals surface area contributed by atoms with E-state index < -0.39 is 0 Å². The van der Waals surface area contributed by atoms with Crippen LogP contribution in [-0.2, 0) is 9.59 Å². The summed E-state index contributed by atoms with van der Waals surface area (Å²) in [6, 6.07) is 7.44. The number of anilines is 2. The van der Waals surface area contributed by atoms with Crippen molar-refractivity contribution >= 4 is 23.2 Å². The maximum atomic E-state index is 12.2. The fourth-order valence-corrected chi connectivity index (χ4v) is 2.51. The lowest BCUT2D eigenvalue weighted by Crippen LogP contribution is -2.32. The van der Waals surface area contributed by atoms with Crippen LogP contribution in [0.25, 0.3) is 0 Å². The molecular weight excluding hydrogens is 266 g/mol. The molecule has 1 aromatic rings. The van der Waals surface area contributed by atoms with E-state index in [0.29, 0.717) is 6.42 Å². The number of amides is 2. The van der Waals surface area contributed by atoms with Crippen LogP contribution in [0.15, 0.2) is 24.3 Å². The maximum absolute atomic E-state index is 12.2. The van der Waals surface area contributed by atoms with Crippen LogP contribution in [0.2, 0.25) is 0 Å². The zero-order chi connectivity index (χ0) is 15.2. The summed E-state index contributed by atoms with van der Waals surface area (Å²) in [5.74, 6) is 0.0989. The molecule has 1 saturated carbocycles. The summed E-state index contributed by atoms with van der Waals surface area (Å²) in [7, 11) is 0. The van der Waals surface area contributed by atoms with Gasteiger partial charge in [0, 0.05) is 29.8 Å². The van der Waals surface area contributed by atoms with Gasteiger partial charge in [0.1, 0.15) is 0 Å². The molecule has 2 amide bonds. The molecule has 0 atom stereocenters. The van der Waals surface area contributed by atoms with Gasteiger partial charge in [0.15, 0.2) is 0 Å². The quantitative estimate of drug-likeness (QED) is 0.796. The van der Waals surface area contributed by atoms with Crippen molar-refractivity contribution in [3.8, 4) is 0 Å². The van der Waals surface area contributed by atoms with Crippen LogP contribution in [0.1, 0.15) is 39.0 Å². The van der Waals surface area contributed by atoms with E-state index in [2.05, 4.69) is 10.6 Å². The van der Waals surface area contributed by atoms with Gasteiger partial charge in [-0.1, -0.05) is 6.92 Å². The number of nitrogens with one attached hydrogen (secondary N) is 2. The minimum atomic E-state index is -0.0228. The topological polar surface area (TPSA) is 84.2 Å². The molecule has 0 unspecified atom stereocenters. The first kappa shape index (κ1) is 15.5. The second-order valence-corrected chi connectivity index (χ2v) is 5.58. The summed E-state index contributed by atoms with van der Waals surface area (Å²) in [6.07, 6.45) is 4.00. The third-order valence-corrected chi connectivity index (χ3v) is 3.90. The summed E-state index contributed by atoms with van der Waals surface area (Å²) >= 11 is 0. The Balaban J connectivity index is 1.88. The Labute approximate surface area is 125 Å². The third kappa shape index (κ3) is 4.56. The van der Waals surface area contributed by atoms with Gasteiger partial charge in [0.2, 0.25) is 11.8 Å². The molecule has 0 saturated heterocycles. The van der Waals surface area contributed by atoms with Crippen LogP contribution in [0.4, 0.5) is 11.4 Å². The van der Waals surface area contributed by atoms with Gasteiger partial charge in [0.25, 0.3) is 0 Å². The molecule has 4 N–H and O–H groups in total. The Morgan fingerprint density at radius 2 is 1.57 bits per heavy atom. The zero-order valence-corrected chi connectivity index (χ0v) is 12.4. The molecular formula is C16H23N3O2. The number of rotatable bonds is 4. The lowest BCUT2D eigenvalue weighted by Gasteiger charge is -2.25. The van der Waals surface area contributed by atoms with E-state index in [0.717, 1.165) is 37.1 Å². The SMILES string of the molecule is CCC(=O)Nc1ccc(NC(=O)C2CCC(N)CC2)cc1. The Kier molecular flexibility index (Phi) is 5.33. The van der Waals surface area contributed by atoms with Crippen molar-refractivity contribution < 1.29 is 9.59 Å². The first-order valence-corrected chi connectivity index (χ1v) is 7.55. The van der Waals surface area contributed by atoms with Crippen molar-refractivity contribution in [3.05, 3.63) is 24.3 Å². The van der Waals surface area contributed by atoms with E-state index in [1.165, 1.54) is 0 Å². The number of carbonyl (C=O) groups is 2. The van der Waals surface area contributed by atoms with E-state index in [1.807, 2.05) is 0 Å². The van der Waals surface area contributed by atoms with Gasteiger partial charge in [-0.2, -0.15) is 0 Å². The Hall–Kier alpha value is -1.88. The van der Waals surface area contributed by atoms with Crippen LogP contribution in [-0.4, -0.2) is 17.9 Å². The highest BCUT2D eigenvalue weighted by Gasteiger charge is 2.24. The Morgan fingerprint density at radius 1 is 1.05 bits per heavy atom. The average molecular weight is 289 g/mol. The van der Waals surface area contributed by atoms with E-state index >= 15 is 0 Å². The molecule has 0 heterocycles. The molecule has 0 aliphatic heterocycles. The second-order valence-electron chi connectivity index (χ2n) is 5.58. The normalized spacial score (nSPS) is 21.6. The van der Waals surface area contributed by atoms with Crippen LogP contribution in [0, 0.1) is 5.92 Å². The summed E-state index contributed by atoms with van der Waals surface area (Å²) in [6.45, 7) is 1.81. The number of nitrogens with two attached hydrogens (primary N) is 1. The van der Waals surface area contributed by atoms with Gasteiger partial charge in [-0.3, -0.25) is 9.59 Å². The van der Waals surface area contributed by atoms with E-state index in [1.54, 1.807) is 31.2 Å². The summed E-state index contributed by atoms with van der Waals surface area (Å²) < 4.78 is 0. The smallest absolute Gasteiger partial charge is 0.227 e. The minimum absolute atomic E-state index is 0.0228. The van der Waals surface area contributed by atoms with Crippen molar-refractivity contribution in [2.75, 3.05) is 10.6 Å². The van der Waals surface area contributed by atoms with Crippen LogP contribution < -0.4 is 16.4 Å². The van der Waals surface area contributed by atoms with Crippen LogP contribution in [0.3, 0.4) is 0 Å². The molecule has 1 aliphatic carbocycles. The number of hydrogen-bond donors (Lipinski definition) is 3. The van der Waals surface area contributed by atoms with E-state index in [9.17, 15) is 9.59 Å². The fraction of sp³-hybridized carbons (Fsp3) is 0.500. The summed E-state index contributed by atoms with van der Waals surface area (Å²) in [5.41, 5.74) is 7.34. The van der Waals surface area contributed by atoms with Crippen molar-refractivity contribution in [1.82, 2.24) is 0 Å². The van der Waals surface area contributed by atoms with E-state index in [4.69, 9.17) is 5.73 Å². The van der Waals surface area contributed by atoms with Gasteiger partial charge < -0.3 is 16.4 Å². The molecule has 2 rings (SSSR count). The number of hydrogen-bond acceptors (Lipinski definition) is 3. The Bertz CT molecular complexity index is 491. The molecule has 0 spiro atoms. The molecule has 0 bridgehead atoms. The maximum Gasteiger partial charge on any atom is 0.227 e. The van der Waals surface area contributed by atoms with E-state index in [-0.39, 0.29) is 23.8 Å². The van der Waals surface area contributed by atoms with Crippen molar-refractivity contribution in [3.63, 3.8) is 0 Å². The molecule has 1 aromatic carbocycles. The van der Waals surface area contributed by atoms with Gasteiger partial charge in [-0.15, -0.1) is 0 Å². The number of carbonyl (C=O) groups excluding carboxylic acids is 2. The molecule has 0 aromatic heterocycles. The lowest BCUT2D eigenvalue weighted by molar-refractivity contribution is -0.120. The van der Waals surface area contributed by atoms with Crippen molar-refractivity contribution in [2.24, 2.45) is 11.7 Å². The third-order valence-electron chi connectivity index (χ3n) is 3.90. The first-order valence-electron chi connectivity index (χ1n) is 7.55. The first-order chi connectivity index (χ1) is 10.1. The molecule has 1 fully saturated rings. The van der Waals surface area contributed by atoms with Crippen molar-refractivity contribution in [2.45, 2.75) is 45.1 Å². The molecule has 1 aliphatic rings. The number of benzene rings is 1. The molecule has 114 valence electrons. The monoisotopic (exact) mass is 289 g/mol. The zero-order valence-electron chi connectivity index (χ0n) is 12.4. The predicted molar refractivity (Wildman–Crippen MR) is 83.9 cm³/mol. The predicted octanol–water partition coefficient (Wildman–Crippen LogP) is 2.49. The lowest BCUT2D eigenvalue weighted by atomic mass is 9.86. The standard InChI is InChI=1S/C16H23N3O2/c1-2-15(20)18-13-7-9-14(10-8-13)19-16(21)11-3-5-12(17)6-4-11/h7-12H,2-6,17H2,1H3,(H,18,20)(H,19,21). The van der Waals surface area contributed by atoms with Crippen molar-refractivity contribution in [1.29, 1.82) is 0 Å². The average Bonchev–Trinajstić information content (AvgIpc) is 2.49. The van der Waals surface area contributed by atoms with Crippen LogP contribution in [0.5, 0.6) is 0 Å².